The third kappa shape index (κ3) is 3.08. The van der Waals surface area contributed by atoms with Gasteiger partial charge in [0.15, 0.2) is 0 Å². The zero-order valence-corrected chi connectivity index (χ0v) is 12.8. The predicted octanol–water partition coefficient (Wildman–Crippen LogP) is 4.20. The van der Waals surface area contributed by atoms with Gasteiger partial charge < -0.3 is 10.6 Å². The molecule has 1 aliphatic rings. The van der Waals surface area contributed by atoms with E-state index in [0.717, 1.165) is 30.6 Å². The van der Waals surface area contributed by atoms with Crippen LogP contribution in [0, 0.1) is 5.82 Å². The number of aryl methyl sites for hydroxylation is 1. The van der Waals surface area contributed by atoms with Crippen molar-refractivity contribution < 1.29 is 9.18 Å². The number of hydrogen-bond donors (Lipinski definition) is 2. The second-order valence-corrected chi connectivity index (χ2v) is 5.83. The van der Waals surface area contributed by atoms with Crippen molar-refractivity contribution in [3.05, 3.63) is 57.8 Å². The lowest BCUT2D eigenvalue weighted by molar-refractivity contribution is 0.102. The zero-order valence-electron chi connectivity index (χ0n) is 11.2. The average Bonchev–Trinajstić information content (AvgIpc) is 2.49. The molecule has 1 heterocycles. The summed E-state index contributed by atoms with van der Waals surface area (Å²) in [6, 6.07) is 9.82. The summed E-state index contributed by atoms with van der Waals surface area (Å²) in [6.07, 6.45) is 2.05. The quantitative estimate of drug-likeness (QED) is 0.853. The van der Waals surface area contributed by atoms with Crippen LogP contribution in [0.15, 0.2) is 40.9 Å². The summed E-state index contributed by atoms with van der Waals surface area (Å²) in [5.41, 5.74) is 3.42. The van der Waals surface area contributed by atoms with Crippen LogP contribution in [-0.4, -0.2) is 12.5 Å². The molecule has 0 unspecified atom stereocenters. The molecule has 5 heteroatoms. The molecule has 21 heavy (non-hydrogen) atoms. The van der Waals surface area contributed by atoms with Gasteiger partial charge in [-0.15, -0.1) is 0 Å². The average molecular weight is 349 g/mol. The molecule has 0 aromatic heterocycles. The second kappa shape index (κ2) is 5.85. The molecule has 0 saturated carbocycles. The Morgan fingerprint density at radius 3 is 2.90 bits per heavy atom. The molecule has 0 bridgehead atoms. The molecule has 2 aromatic rings. The van der Waals surface area contributed by atoms with Crippen molar-refractivity contribution in [3.63, 3.8) is 0 Å². The molecule has 0 spiro atoms. The maximum atomic E-state index is 13.0. The van der Waals surface area contributed by atoms with E-state index in [0.29, 0.717) is 15.7 Å². The van der Waals surface area contributed by atoms with Crippen molar-refractivity contribution in [2.75, 3.05) is 17.2 Å². The van der Waals surface area contributed by atoms with Crippen molar-refractivity contribution in [2.45, 2.75) is 12.8 Å². The number of anilines is 2. The first-order valence-corrected chi connectivity index (χ1v) is 7.56. The van der Waals surface area contributed by atoms with E-state index in [-0.39, 0.29) is 11.7 Å². The van der Waals surface area contributed by atoms with Gasteiger partial charge in [-0.25, -0.2) is 4.39 Å². The zero-order chi connectivity index (χ0) is 14.8. The van der Waals surface area contributed by atoms with Crippen molar-refractivity contribution in [2.24, 2.45) is 0 Å². The lowest BCUT2D eigenvalue weighted by Gasteiger charge is -2.18. The van der Waals surface area contributed by atoms with Crippen LogP contribution in [-0.2, 0) is 6.42 Å². The number of carbonyl (C=O) groups is 1. The smallest absolute Gasteiger partial charge is 0.255 e. The van der Waals surface area contributed by atoms with Crippen LogP contribution in [0.3, 0.4) is 0 Å². The third-order valence-corrected chi connectivity index (χ3v) is 4.14. The van der Waals surface area contributed by atoms with Crippen LogP contribution in [0.2, 0.25) is 0 Å². The SMILES string of the molecule is O=C(Nc1ccc(F)cc1Br)c1ccc2c(c1)CCCN2. The second-order valence-electron chi connectivity index (χ2n) is 4.98. The predicted molar refractivity (Wildman–Crippen MR) is 85.3 cm³/mol. The van der Waals surface area contributed by atoms with E-state index in [9.17, 15) is 9.18 Å². The fourth-order valence-electron chi connectivity index (χ4n) is 2.40. The number of hydrogen-bond acceptors (Lipinski definition) is 2. The number of rotatable bonds is 2. The largest absolute Gasteiger partial charge is 0.385 e. The van der Waals surface area contributed by atoms with Gasteiger partial charge >= 0.3 is 0 Å². The van der Waals surface area contributed by atoms with Crippen LogP contribution in [0.5, 0.6) is 0 Å². The maximum Gasteiger partial charge on any atom is 0.255 e. The van der Waals surface area contributed by atoms with Gasteiger partial charge in [-0.2, -0.15) is 0 Å². The van der Waals surface area contributed by atoms with Gasteiger partial charge in [0.25, 0.3) is 5.91 Å². The van der Waals surface area contributed by atoms with E-state index < -0.39 is 0 Å². The molecule has 1 amide bonds. The molecule has 0 atom stereocenters. The fourth-order valence-corrected chi connectivity index (χ4v) is 2.85. The normalized spacial score (nSPS) is 13.2. The molecule has 0 saturated heterocycles. The fraction of sp³-hybridized carbons (Fsp3) is 0.188. The summed E-state index contributed by atoms with van der Waals surface area (Å²) in [5.74, 6) is -0.546. The lowest BCUT2D eigenvalue weighted by atomic mass is 10.0. The molecule has 0 aliphatic carbocycles. The number of halogens is 2. The monoisotopic (exact) mass is 348 g/mol. The molecule has 2 N–H and O–H groups in total. The Balaban J connectivity index is 1.82. The highest BCUT2D eigenvalue weighted by Gasteiger charge is 2.13. The Kier molecular flexibility index (Phi) is 3.92. The first kappa shape index (κ1) is 14.1. The van der Waals surface area contributed by atoms with E-state index in [4.69, 9.17) is 0 Å². The van der Waals surface area contributed by atoms with E-state index in [1.54, 1.807) is 6.07 Å². The van der Waals surface area contributed by atoms with Gasteiger partial charge in [-0.1, -0.05) is 0 Å². The minimum Gasteiger partial charge on any atom is -0.385 e. The van der Waals surface area contributed by atoms with Gasteiger partial charge in [0.1, 0.15) is 5.82 Å². The Morgan fingerprint density at radius 2 is 2.10 bits per heavy atom. The van der Waals surface area contributed by atoms with E-state index in [2.05, 4.69) is 26.6 Å². The van der Waals surface area contributed by atoms with Crippen LogP contribution in [0.4, 0.5) is 15.8 Å². The van der Waals surface area contributed by atoms with Gasteiger partial charge in [0, 0.05) is 22.3 Å². The first-order chi connectivity index (χ1) is 10.1. The Labute approximate surface area is 130 Å². The summed E-state index contributed by atoms with van der Waals surface area (Å²) in [7, 11) is 0. The summed E-state index contributed by atoms with van der Waals surface area (Å²) >= 11 is 3.24. The molecular formula is C16H14BrFN2O. The van der Waals surface area contributed by atoms with Crippen LogP contribution in [0.25, 0.3) is 0 Å². The summed E-state index contributed by atoms with van der Waals surface area (Å²) in [4.78, 5) is 12.3. The third-order valence-electron chi connectivity index (χ3n) is 3.49. The van der Waals surface area contributed by atoms with E-state index in [1.807, 2.05) is 12.1 Å². The minimum atomic E-state index is -0.347. The van der Waals surface area contributed by atoms with Gasteiger partial charge in [-0.3, -0.25) is 4.79 Å². The topological polar surface area (TPSA) is 41.1 Å². The lowest BCUT2D eigenvalue weighted by Crippen LogP contribution is -2.15. The highest BCUT2D eigenvalue weighted by molar-refractivity contribution is 9.10. The molecule has 3 rings (SSSR count). The van der Waals surface area contributed by atoms with Crippen LogP contribution >= 0.6 is 15.9 Å². The summed E-state index contributed by atoms with van der Waals surface area (Å²) in [5, 5.41) is 6.10. The number of nitrogens with one attached hydrogen (secondary N) is 2. The highest BCUT2D eigenvalue weighted by Crippen LogP contribution is 2.26. The first-order valence-electron chi connectivity index (χ1n) is 6.77. The van der Waals surface area contributed by atoms with Crippen molar-refractivity contribution in [1.82, 2.24) is 0 Å². The Morgan fingerprint density at radius 1 is 1.24 bits per heavy atom. The number of amides is 1. The molecule has 1 aliphatic heterocycles. The standard InChI is InChI=1S/C16H14BrFN2O/c17-13-9-12(18)4-6-15(13)20-16(21)11-3-5-14-10(8-11)2-1-7-19-14/h3-6,8-9,19H,1-2,7H2,(H,20,21). The maximum absolute atomic E-state index is 13.0. The minimum absolute atomic E-state index is 0.198. The Hall–Kier alpha value is -1.88. The van der Waals surface area contributed by atoms with Crippen molar-refractivity contribution in [3.8, 4) is 0 Å². The summed E-state index contributed by atoms with van der Waals surface area (Å²) < 4.78 is 13.6. The van der Waals surface area contributed by atoms with E-state index >= 15 is 0 Å². The molecule has 108 valence electrons. The van der Waals surface area contributed by atoms with Gasteiger partial charge in [0.2, 0.25) is 0 Å². The Bertz CT molecular complexity index is 703. The molecule has 0 fully saturated rings. The molecule has 0 radical (unpaired) electrons. The molecule has 3 nitrogen and oxygen atoms in total. The molecular weight excluding hydrogens is 335 g/mol. The van der Waals surface area contributed by atoms with Crippen LogP contribution < -0.4 is 10.6 Å². The van der Waals surface area contributed by atoms with E-state index in [1.165, 1.54) is 18.2 Å². The number of benzene rings is 2. The van der Waals surface area contributed by atoms with Crippen LogP contribution in [0.1, 0.15) is 22.3 Å². The molecule has 2 aromatic carbocycles. The number of carbonyl (C=O) groups excluding carboxylic acids is 1. The number of fused-ring (bicyclic) bond motifs is 1. The van der Waals surface area contributed by atoms with Crippen molar-refractivity contribution in [1.29, 1.82) is 0 Å². The highest BCUT2D eigenvalue weighted by atomic mass is 79.9. The summed E-state index contributed by atoms with van der Waals surface area (Å²) in [6.45, 7) is 0.973. The van der Waals surface area contributed by atoms with Crippen molar-refractivity contribution >= 4 is 33.2 Å². The van der Waals surface area contributed by atoms with Gasteiger partial charge in [-0.05, 0) is 70.7 Å². The van der Waals surface area contributed by atoms with Gasteiger partial charge in [0.05, 0.1) is 5.69 Å².